The van der Waals surface area contributed by atoms with Crippen molar-refractivity contribution >= 4 is 38.9 Å². The second-order valence-corrected chi connectivity index (χ2v) is 9.33. The molecular formula is C19H19BrF2N2OS. The fourth-order valence-corrected chi connectivity index (χ4v) is 5.71. The molecule has 0 radical (unpaired) electrons. The third kappa shape index (κ3) is 3.31. The predicted molar refractivity (Wildman–Crippen MR) is 102 cm³/mol. The van der Waals surface area contributed by atoms with Gasteiger partial charge in [-0.15, -0.1) is 11.3 Å². The standard InChI is InChI=1S/C19H19BrF2N2OS/c1-9-23-16(18(21)22)17(26-9)19(25)24-15-5-4-12(20)8-14(15)13-7-10-2-3-11(13)6-10/h4-5,8,10-11,13,18H,2-3,6-7H2,1H3,(H,24,25). The lowest BCUT2D eigenvalue weighted by atomic mass is 9.82. The van der Waals surface area contributed by atoms with Crippen molar-refractivity contribution in [3.63, 3.8) is 0 Å². The highest BCUT2D eigenvalue weighted by Crippen LogP contribution is 2.54. The van der Waals surface area contributed by atoms with Crippen LogP contribution in [0.1, 0.15) is 64.0 Å². The highest BCUT2D eigenvalue weighted by molar-refractivity contribution is 9.10. The van der Waals surface area contributed by atoms with Gasteiger partial charge >= 0.3 is 0 Å². The fourth-order valence-electron chi connectivity index (χ4n) is 4.51. The summed E-state index contributed by atoms with van der Waals surface area (Å²) in [6.45, 7) is 1.63. The van der Waals surface area contributed by atoms with E-state index >= 15 is 0 Å². The van der Waals surface area contributed by atoms with E-state index in [4.69, 9.17) is 0 Å². The quantitative estimate of drug-likeness (QED) is 0.605. The number of carbonyl (C=O) groups excluding carboxylic acids is 1. The van der Waals surface area contributed by atoms with Crippen molar-refractivity contribution in [1.82, 2.24) is 4.98 Å². The molecule has 0 spiro atoms. The first-order valence-electron chi connectivity index (χ1n) is 8.78. The zero-order chi connectivity index (χ0) is 18.4. The Balaban J connectivity index is 1.64. The number of aryl methyl sites for hydroxylation is 1. The maximum Gasteiger partial charge on any atom is 0.282 e. The number of hydrogen-bond donors (Lipinski definition) is 1. The van der Waals surface area contributed by atoms with E-state index in [1.807, 2.05) is 12.1 Å². The smallest absolute Gasteiger partial charge is 0.282 e. The molecule has 2 aliphatic carbocycles. The lowest BCUT2D eigenvalue weighted by molar-refractivity contribution is 0.101. The van der Waals surface area contributed by atoms with Crippen LogP contribution in [0, 0.1) is 18.8 Å². The minimum Gasteiger partial charge on any atom is -0.321 e. The number of carbonyl (C=O) groups is 1. The maximum atomic E-state index is 13.2. The Labute approximate surface area is 163 Å². The second-order valence-electron chi connectivity index (χ2n) is 7.21. The van der Waals surface area contributed by atoms with E-state index in [0.717, 1.165) is 39.4 Å². The minimum atomic E-state index is -2.75. The van der Waals surface area contributed by atoms with E-state index in [2.05, 4.69) is 32.3 Å². The van der Waals surface area contributed by atoms with Crippen molar-refractivity contribution in [2.75, 3.05) is 5.32 Å². The van der Waals surface area contributed by atoms with Gasteiger partial charge in [-0.2, -0.15) is 0 Å². The summed E-state index contributed by atoms with van der Waals surface area (Å²) in [5.41, 5.74) is 1.41. The molecule has 3 unspecified atom stereocenters. The highest BCUT2D eigenvalue weighted by Gasteiger charge is 2.41. The third-order valence-electron chi connectivity index (χ3n) is 5.57. The number of rotatable bonds is 4. The number of nitrogens with one attached hydrogen (secondary N) is 1. The Hall–Kier alpha value is -1.34. The first-order valence-corrected chi connectivity index (χ1v) is 10.4. The molecule has 2 saturated carbocycles. The molecule has 2 bridgehead atoms. The first-order chi connectivity index (χ1) is 12.4. The van der Waals surface area contributed by atoms with E-state index in [0.29, 0.717) is 16.8 Å². The van der Waals surface area contributed by atoms with Crippen LogP contribution < -0.4 is 5.32 Å². The molecule has 3 nitrogen and oxygen atoms in total. The summed E-state index contributed by atoms with van der Waals surface area (Å²) in [4.78, 5) is 16.5. The van der Waals surface area contributed by atoms with Crippen LogP contribution in [0.15, 0.2) is 22.7 Å². The molecule has 1 aromatic heterocycles. The molecule has 26 heavy (non-hydrogen) atoms. The monoisotopic (exact) mass is 440 g/mol. The lowest BCUT2D eigenvalue weighted by Gasteiger charge is -2.25. The maximum absolute atomic E-state index is 13.2. The summed E-state index contributed by atoms with van der Waals surface area (Å²) in [6, 6.07) is 5.80. The van der Waals surface area contributed by atoms with Crippen molar-refractivity contribution in [3.05, 3.63) is 43.8 Å². The fraction of sp³-hybridized carbons (Fsp3) is 0.474. The van der Waals surface area contributed by atoms with Crippen molar-refractivity contribution in [3.8, 4) is 0 Å². The van der Waals surface area contributed by atoms with Crippen molar-refractivity contribution in [2.24, 2.45) is 11.8 Å². The van der Waals surface area contributed by atoms with Gasteiger partial charge in [-0.3, -0.25) is 4.79 Å². The van der Waals surface area contributed by atoms with Crippen LogP contribution in [-0.2, 0) is 0 Å². The van der Waals surface area contributed by atoms with Crippen LogP contribution >= 0.6 is 27.3 Å². The van der Waals surface area contributed by atoms with Gasteiger partial charge in [0, 0.05) is 10.2 Å². The zero-order valence-corrected chi connectivity index (χ0v) is 16.7. The number of anilines is 1. The first kappa shape index (κ1) is 18.0. The number of nitrogens with zero attached hydrogens (tertiary/aromatic N) is 1. The van der Waals surface area contributed by atoms with Gasteiger partial charge in [-0.05, 0) is 67.7 Å². The molecule has 138 valence electrons. The Bertz CT molecular complexity index is 854. The molecule has 1 heterocycles. The number of alkyl halides is 2. The van der Waals surface area contributed by atoms with E-state index in [-0.39, 0.29) is 4.88 Å². The molecule has 4 rings (SSSR count). The average molecular weight is 441 g/mol. The number of thiazole rings is 1. The van der Waals surface area contributed by atoms with Gasteiger partial charge in [0.05, 0.1) is 5.01 Å². The molecular weight excluding hydrogens is 422 g/mol. The van der Waals surface area contributed by atoms with E-state index in [9.17, 15) is 13.6 Å². The third-order valence-corrected chi connectivity index (χ3v) is 7.05. The summed E-state index contributed by atoms with van der Waals surface area (Å²) in [7, 11) is 0. The Morgan fingerprint density at radius 2 is 2.15 bits per heavy atom. The lowest BCUT2D eigenvalue weighted by Crippen LogP contribution is -2.17. The van der Waals surface area contributed by atoms with E-state index in [1.165, 1.54) is 19.3 Å². The largest absolute Gasteiger partial charge is 0.321 e. The van der Waals surface area contributed by atoms with Crippen LogP contribution in [0.4, 0.5) is 14.5 Å². The van der Waals surface area contributed by atoms with Crippen molar-refractivity contribution in [1.29, 1.82) is 0 Å². The molecule has 2 fully saturated rings. The van der Waals surface area contributed by atoms with Gasteiger partial charge < -0.3 is 5.32 Å². The molecule has 7 heteroatoms. The van der Waals surface area contributed by atoms with Gasteiger partial charge in [-0.1, -0.05) is 22.4 Å². The number of aromatic nitrogens is 1. The predicted octanol–water partition coefficient (Wildman–Crippen LogP) is 6.31. The summed E-state index contributed by atoms with van der Waals surface area (Å²) in [6.07, 6.45) is 2.18. The van der Waals surface area contributed by atoms with Crippen LogP contribution in [0.3, 0.4) is 0 Å². The van der Waals surface area contributed by atoms with Gasteiger partial charge in [0.1, 0.15) is 10.6 Å². The topological polar surface area (TPSA) is 42.0 Å². The zero-order valence-electron chi connectivity index (χ0n) is 14.3. The van der Waals surface area contributed by atoms with Crippen LogP contribution in [0.25, 0.3) is 0 Å². The molecule has 1 N–H and O–H groups in total. The van der Waals surface area contributed by atoms with Gasteiger partial charge in [-0.25, -0.2) is 13.8 Å². The van der Waals surface area contributed by atoms with Crippen LogP contribution in [-0.4, -0.2) is 10.9 Å². The molecule has 2 aromatic rings. The minimum absolute atomic E-state index is 0.000638. The van der Waals surface area contributed by atoms with Gasteiger partial charge in [0.2, 0.25) is 0 Å². The van der Waals surface area contributed by atoms with E-state index < -0.39 is 18.0 Å². The molecule has 2 aliphatic rings. The Kier molecular flexibility index (Phi) is 4.86. The van der Waals surface area contributed by atoms with Crippen LogP contribution in [0.5, 0.6) is 0 Å². The number of fused-ring (bicyclic) bond motifs is 2. The number of benzene rings is 1. The highest BCUT2D eigenvalue weighted by atomic mass is 79.9. The Morgan fingerprint density at radius 3 is 2.81 bits per heavy atom. The molecule has 3 atom stereocenters. The summed E-state index contributed by atoms with van der Waals surface area (Å²) >= 11 is 4.53. The SMILES string of the molecule is Cc1nc(C(F)F)c(C(=O)Nc2ccc(Br)cc2C2CC3CCC2C3)s1. The van der Waals surface area contributed by atoms with Gasteiger partial charge in [0.15, 0.2) is 0 Å². The summed E-state index contributed by atoms with van der Waals surface area (Å²) in [5.74, 6) is 1.37. The second kappa shape index (κ2) is 7.00. The number of amides is 1. The molecule has 1 aromatic carbocycles. The van der Waals surface area contributed by atoms with Gasteiger partial charge in [0.25, 0.3) is 12.3 Å². The summed E-state index contributed by atoms with van der Waals surface area (Å²) < 4.78 is 27.3. The van der Waals surface area contributed by atoms with Crippen molar-refractivity contribution in [2.45, 2.75) is 45.0 Å². The molecule has 0 saturated heterocycles. The number of hydrogen-bond acceptors (Lipinski definition) is 3. The van der Waals surface area contributed by atoms with Crippen LogP contribution in [0.2, 0.25) is 0 Å². The number of halogens is 3. The average Bonchev–Trinajstić information content (AvgIpc) is 3.31. The Morgan fingerprint density at radius 1 is 1.35 bits per heavy atom. The normalized spacial score (nSPS) is 24.4. The summed E-state index contributed by atoms with van der Waals surface area (Å²) in [5, 5.41) is 3.34. The van der Waals surface area contributed by atoms with E-state index in [1.54, 1.807) is 6.92 Å². The molecule has 0 aliphatic heterocycles. The molecule has 1 amide bonds. The van der Waals surface area contributed by atoms with Crippen molar-refractivity contribution < 1.29 is 13.6 Å².